The second kappa shape index (κ2) is 10.2. The molecule has 2 atom stereocenters. The molecule has 0 aliphatic carbocycles. The Bertz CT molecular complexity index is 786. The Morgan fingerprint density at radius 1 is 0.750 bits per heavy atom. The molecule has 144 valence electrons. The molecule has 0 radical (unpaired) electrons. The number of rotatable bonds is 10. The summed E-state index contributed by atoms with van der Waals surface area (Å²) in [7, 11) is -4.91. The molecule has 0 aliphatic heterocycles. The molecule has 0 aliphatic rings. The van der Waals surface area contributed by atoms with Crippen LogP contribution in [0.25, 0.3) is 0 Å². The van der Waals surface area contributed by atoms with Crippen LogP contribution in [0.1, 0.15) is 25.7 Å². The van der Waals surface area contributed by atoms with Gasteiger partial charge in [-0.1, -0.05) is 84.1 Å². The van der Waals surface area contributed by atoms with Crippen molar-refractivity contribution in [3.63, 3.8) is 0 Å². The molecule has 0 saturated heterocycles. The summed E-state index contributed by atoms with van der Waals surface area (Å²) in [5, 5.41) is 20.8. The van der Waals surface area contributed by atoms with Gasteiger partial charge in [-0.3, -0.25) is 0 Å². The average molecular weight is 405 g/mol. The van der Waals surface area contributed by atoms with Gasteiger partial charge in [0.05, 0.1) is 12.1 Å². The molecular weight excluding hydrogens is 376 g/mol. The molecule has 2 rings (SSSR count). The van der Waals surface area contributed by atoms with E-state index in [9.17, 15) is 4.79 Å². The quantitative estimate of drug-likeness (QED) is 0.420. The lowest BCUT2D eigenvalue weighted by molar-refractivity contribution is 0.272. The van der Waals surface area contributed by atoms with E-state index in [2.05, 4.69) is 49.5 Å². The fourth-order valence-electron chi connectivity index (χ4n) is 4.04. The monoisotopic (exact) mass is 404 g/mol. The van der Waals surface area contributed by atoms with Crippen LogP contribution in [-0.4, -0.2) is 21.2 Å². The van der Waals surface area contributed by atoms with Crippen molar-refractivity contribution in [3.05, 3.63) is 60.7 Å². The van der Waals surface area contributed by atoms with E-state index in [0.29, 0.717) is 17.9 Å². The van der Waals surface area contributed by atoms with Crippen molar-refractivity contribution in [2.24, 2.45) is 0 Å². The summed E-state index contributed by atoms with van der Waals surface area (Å²) in [6, 6.07) is 26.4. The topological polar surface area (TPSA) is 64.7 Å². The SMILES string of the molecule is C[Si](CCCC#N)(C(=O)[Si](C)(CCCC#N)c1ccccc1)c1ccccc1. The predicted molar refractivity (Wildman–Crippen MR) is 120 cm³/mol. The van der Waals surface area contributed by atoms with E-state index in [4.69, 9.17) is 10.5 Å². The number of nitrogens with zero attached hydrogens (tertiary/aromatic N) is 2. The van der Waals surface area contributed by atoms with Crippen molar-refractivity contribution in [3.8, 4) is 12.1 Å². The maximum atomic E-state index is 14.2. The first kappa shape index (κ1) is 21.8. The molecule has 0 bridgehead atoms. The Balaban J connectivity index is 2.50. The summed E-state index contributed by atoms with van der Waals surface area (Å²) < 4.78 is 0. The summed E-state index contributed by atoms with van der Waals surface area (Å²) in [5.41, 5.74) is 0. The average Bonchev–Trinajstić information content (AvgIpc) is 2.74. The number of carbonyl (C=O) groups excluding carboxylic acids is 1. The van der Waals surface area contributed by atoms with Crippen molar-refractivity contribution in [1.29, 1.82) is 10.5 Å². The van der Waals surface area contributed by atoms with Crippen LogP contribution in [0.15, 0.2) is 60.7 Å². The summed E-state index contributed by atoms with van der Waals surface area (Å²) in [6.45, 7) is 4.36. The number of benzene rings is 2. The van der Waals surface area contributed by atoms with Gasteiger partial charge in [0.2, 0.25) is 0 Å². The molecule has 5 heteroatoms. The van der Waals surface area contributed by atoms with Gasteiger partial charge in [0.1, 0.15) is 5.03 Å². The van der Waals surface area contributed by atoms with Crippen LogP contribution in [0.4, 0.5) is 4.79 Å². The van der Waals surface area contributed by atoms with Gasteiger partial charge < -0.3 is 4.79 Å². The van der Waals surface area contributed by atoms with Gasteiger partial charge >= 0.3 is 0 Å². The Hall–Kier alpha value is -2.48. The highest BCUT2D eigenvalue weighted by Crippen LogP contribution is 2.26. The summed E-state index contributed by atoms with van der Waals surface area (Å²) in [5.74, 6) is 0. The van der Waals surface area contributed by atoms with Gasteiger partial charge in [-0.15, -0.1) is 0 Å². The maximum Gasteiger partial charge on any atom is 0.154 e. The molecule has 2 aromatic rings. The molecular formula is C23H28N2OSi2. The molecule has 2 aromatic carbocycles. The lowest BCUT2D eigenvalue weighted by Gasteiger charge is -2.36. The van der Waals surface area contributed by atoms with E-state index in [1.807, 2.05) is 36.4 Å². The van der Waals surface area contributed by atoms with Crippen LogP contribution in [0.5, 0.6) is 0 Å². The van der Waals surface area contributed by atoms with Gasteiger partial charge in [0.25, 0.3) is 0 Å². The Morgan fingerprint density at radius 2 is 1.11 bits per heavy atom. The second-order valence-corrected chi connectivity index (χ2v) is 16.6. The number of hydrogen-bond acceptors (Lipinski definition) is 3. The molecule has 0 fully saturated rings. The molecule has 0 saturated carbocycles. The van der Waals surface area contributed by atoms with Crippen molar-refractivity contribution in [1.82, 2.24) is 0 Å². The number of nitriles is 2. The second-order valence-electron chi connectivity index (χ2n) is 7.75. The number of hydrogen-bond donors (Lipinski definition) is 0. The first-order valence-electron chi connectivity index (χ1n) is 9.89. The molecule has 2 unspecified atom stereocenters. The van der Waals surface area contributed by atoms with Crippen LogP contribution >= 0.6 is 0 Å². The minimum atomic E-state index is -2.46. The summed E-state index contributed by atoms with van der Waals surface area (Å²) >= 11 is 0. The standard InChI is InChI=1S/C23H28N2OSi2/c1-27(19-11-9-17-24,21-13-5-3-6-14-21)23(26)28(2,20-12-10-18-25)22-15-7-4-8-16-22/h3-8,13-16H,9-12,19-20H2,1-2H3. The van der Waals surface area contributed by atoms with Gasteiger partial charge in [-0.25, -0.2) is 0 Å². The van der Waals surface area contributed by atoms with Crippen molar-refractivity contribution >= 4 is 31.6 Å². The first-order valence-corrected chi connectivity index (χ1v) is 15.3. The zero-order chi connectivity index (χ0) is 20.5. The smallest absolute Gasteiger partial charge is 0.154 e. The van der Waals surface area contributed by atoms with E-state index < -0.39 is 16.1 Å². The number of unbranched alkanes of at least 4 members (excludes halogenated alkanes) is 2. The fraction of sp³-hybridized carbons (Fsp3) is 0.348. The molecule has 0 spiro atoms. The van der Waals surface area contributed by atoms with Crippen molar-refractivity contribution < 1.29 is 4.79 Å². The summed E-state index contributed by atoms with van der Waals surface area (Å²) in [4.78, 5) is 14.2. The molecule has 3 nitrogen and oxygen atoms in total. The molecule has 0 amide bonds. The van der Waals surface area contributed by atoms with Gasteiger partial charge in [0.15, 0.2) is 16.1 Å². The lowest BCUT2D eigenvalue weighted by atomic mass is 10.4. The third-order valence-corrected chi connectivity index (χ3v) is 17.0. The lowest BCUT2D eigenvalue weighted by Crippen LogP contribution is -2.66. The fourth-order valence-corrected chi connectivity index (χ4v) is 15.7. The van der Waals surface area contributed by atoms with Crippen molar-refractivity contribution in [2.45, 2.75) is 50.9 Å². The highest BCUT2D eigenvalue weighted by atomic mass is 28.4. The maximum absolute atomic E-state index is 14.2. The van der Waals surface area contributed by atoms with Crippen LogP contribution in [0.3, 0.4) is 0 Å². The van der Waals surface area contributed by atoms with Crippen molar-refractivity contribution in [2.75, 3.05) is 0 Å². The van der Waals surface area contributed by atoms with E-state index >= 15 is 0 Å². The zero-order valence-corrected chi connectivity index (χ0v) is 18.8. The van der Waals surface area contributed by atoms with Crippen LogP contribution in [-0.2, 0) is 0 Å². The highest BCUT2D eigenvalue weighted by molar-refractivity contribution is 7.39. The highest BCUT2D eigenvalue weighted by Gasteiger charge is 2.49. The zero-order valence-electron chi connectivity index (χ0n) is 16.8. The first-order chi connectivity index (χ1) is 13.5. The summed E-state index contributed by atoms with van der Waals surface area (Å²) in [6.07, 6.45) is 2.50. The van der Waals surface area contributed by atoms with E-state index in [0.717, 1.165) is 35.3 Å². The normalized spacial score (nSPS) is 14.9. The van der Waals surface area contributed by atoms with Gasteiger partial charge in [-0.2, -0.15) is 10.5 Å². The van der Waals surface area contributed by atoms with Gasteiger partial charge in [0, 0.05) is 12.8 Å². The third-order valence-electron chi connectivity index (χ3n) is 5.75. The Labute approximate surface area is 170 Å². The predicted octanol–water partition coefficient (Wildman–Crippen LogP) is 4.85. The van der Waals surface area contributed by atoms with E-state index in [-0.39, 0.29) is 0 Å². The Morgan fingerprint density at radius 3 is 1.43 bits per heavy atom. The van der Waals surface area contributed by atoms with Crippen LogP contribution in [0.2, 0.25) is 25.2 Å². The molecule has 0 aromatic heterocycles. The molecule has 28 heavy (non-hydrogen) atoms. The van der Waals surface area contributed by atoms with Crippen LogP contribution in [0, 0.1) is 22.7 Å². The third kappa shape index (κ3) is 4.87. The molecule has 0 N–H and O–H groups in total. The minimum absolute atomic E-state index is 0.438. The largest absolute Gasteiger partial charge is 0.310 e. The van der Waals surface area contributed by atoms with E-state index in [1.165, 1.54) is 0 Å². The van der Waals surface area contributed by atoms with Crippen LogP contribution < -0.4 is 10.4 Å². The number of carbonyl (C=O) groups is 1. The Kier molecular flexibility index (Phi) is 7.93. The minimum Gasteiger partial charge on any atom is -0.310 e. The molecule has 0 heterocycles. The van der Waals surface area contributed by atoms with Gasteiger partial charge in [-0.05, 0) is 24.9 Å². The van der Waals surface area contributed by atoms with E-state index in [1.54, 1.807) is 0 Å².